The van der Waals surface area contributed by atoms with Gasteiger partial charge >= 0.3 is 0 Å². The Kier molecular flexibility index (Phi) is 5.57. The summed E-state index contributed by atoms with van der Waals surface area (Å²) >= 11 is 1.29. The first-order valence-corrected chi connectivity index (χ1v) is 9.26. The zero-order valence-electron chi connectivity index (χ0n) is 11.5. The zero-order chi connectivity index (χ0) is 14.6. The van der Waals surface area contributed by atoms with E-state index in [0.29, 0.717) is 17.2 Å². The van der Waals surface area contributed by atoms with Gasteiger partial charge in [-0.3, -0.25) is 0 Å². The third-order valence-electron chi connectivity index (χ3n) is 3.64. The fraction of sp³-hybridized carbons (Fsp3) is 0.692. The van der Waals surface area contributed by atoms with E-state index in [4.69, 9.17) is 5.73 Å². The molecule has 0 radical (unpaired) electrons. The lowest BCUT2D eigenvalue weighted by Crippen LogP contribution is -2.40. The van der Waals surface area contributed by atoms with Gasteiger partial charge in [0, 0.05) is 17.5 Å². The van der Waals surface area contributed by atoms with Gasteiger partial charge in [-0.2, -0.15) is 4.31 Å². The molecule has 5 nitrogen and oxygen atoms in total. The predicted octanol–water partition coefficient (Wildman–Crippen LogP) is 1.17. The van der Waals surface area contributed by atoms with Gasteiger partial charge in [-0.05, 0) is 37.9 Å². The van der Waals surface area contributed by atoms with E-state index >= 15 is 0 Å². The van der Waals surface area contributed by atoms with Gasteiger partial charge in [0.05, 0.1) is 6.61 Å². The molecular weight excluding hydrogens is 296 g/mol. The van der Waals surface area contributed by atoms with Crippen molar-refractivity contribution in [3.05, 3.63) is 17.0 Å². The number of nitrogens with zero attached hydrogens (tertiary/aromatic N) is 1. The van der Waals surface area contributed by atoms with Crippen LogP contribution in [0.25, 0.3) is 0 Å². The van der Waals surface area contributed by atoms with Crippen molar-refractivity contribution in [3.63, 3.8) is 0 Å². The average molecular weight is 318 g/mol. The molecule has 1 aromatic heterocycles. The van der Waals surface area contributed by atoms with Gasteiger partial charge in [-0.1, -0.05) is 12.8 Å². The number of hydrogen-bond acceptors (Lipinski definition) is 5. The van der Waals surface area contributed by atoms with Crippen LogP contribution in [0.2, 0.25) is 0 Å². The van der Waals surface area contributed by atoms with Gasteiger partial charge in [-0.15, -0.1) is 11.3 Å². The van der Waals surface area contributed by atoms with Gasteiger partial charge in [0.2, 0.25) is 0 Å². The van der Waals surface area contributed by atoms with Gasteiger partial charge in [0.15, 0.2) is 0 Å². The first-order valence-electron chi connectivity index (χ1n) is 7.01. The molecule has 20 heavy (non-hydrogen) atoms. The van der Waals surface area contributed by atoms with Crippen molar-refractivity contribution < 1.29 is 13.5 Å². The van der Waals surface area contributed by atoms with E-state index in [-0.39, 0.29) is 19.2 Å². The monoisotopic (exact) mass is 318 g/mol. The van der Waals surface area contributed by atoms with Crippen LogP contribution in [0.15, 0.2) is 16.3 Å². The molecule has 0 atom stereocenters. The highest BCUT2D eigenvalue weighted by Crippen LogP contribution is 2.31. The Morgan fingerprint density at radius 2 is 2.05 bits per heavy atom. The van der Waals surface area contributed by atoms with Crippen LogP contribution < -0.4 is 5.73 Å². The second kappa shape index (κ2) is 7.00. The highest BCUT2D eigenvalue weighted by atomic mass is 32.2. The number of thiophene rings is 1. The third kappa shape index (κ3) is 3.40. The largest absolute Gasteiger partial charge is 0.395 e. The van der Waals surface area contributed by atoms with Crippen molar-refractivity contribution in [1.82, 2.24) is 4.31 Å². The summed E-state index contributed by atoms with van der Waals surface area (Å²) in [5.74, 6) is 0. The fourth-order valence-electron chi connectivity index (χ4n) is 2.68. The first-order chi connectivity index (χ1) is 9.59. The van der Waals surface area contributed by atoms with Crippen LogP contribution in [0, 0.1) is 0 Å². The summed E-state index contributed by atoms with van der Waals surface area (Å²) in [6, 6.07) is 3.52. The molecule has 0 amide bonds. The molecular formula is C13H22N2O3S2. The number of sulfonamides is 1. The summed E-state index contributed by atoms with van der Waals surface area (Å²) in [4.78, 5) is 0.987. The molecule has 0 saturated heterocycles. The topological polar surface area (TPSA) is 83.6 Å². The van der Waals surface area contributed by atoms with Gasteiger partial charge in [0.1, 0.15) is 4.21 Å². The van der Waals surface area contributed by atoms with Crippen LogP contribution in [0.4, 0.5) is 0 Å². The second-order valence-corrected chi connectivity index (χ2v) is 8.32. The quantitative estimate of drug-likeness (QED) is 0.790. The van der Waals surface area contributed by atoms with Crippen molar-refractivity contribution in [2.45, 2.75) is 42.4 Å². The van der Waals surface area contributed by atoms with Gasteiger partial charge in [0.25, 0.3) is 10.0 Å². The maximum absolute atomic E-state index is 12.7. The van der Waals surface area contributed by atoms with E-state index in [1.165, 1.54) is 15.6 Å². The van der Waals surface area contributed by atoms with Crippen molar-refractivity contribution in [3.8, 4) is 0 Å². The molecule has 1 heterocycles. The second-order valence-electron chi connectivity index (χ2n) is 5.04. The minimum absolute atomic E-state index is 0.0345. The summed E-state index contributed by atoms with van der Waals surface area (Å²) in [7, 11) is -3.49. The molecule has 7 heteroatoms. The van der Waals surface area contributed by atoms with E-state index < -0.39 is 10.0 Å². The van der Waals surface area contributed by atoms with Gasteiger partial charge < -0.3 is 10.8 Å². The molecule has 0 aromatic carbocycles. The van der Waals surface area contributed by atoms with Crippen LogP contribution in [0.5, 0.6) is 0 Å². The van der Waals surface area contributed by atoms with Crippen molar-refractivity contribution >= 4 is 21.4 Å². The molecule has 0 aliphatic heterocycles. The molecule has 1 aliphatic carbocycles. The van der Waals surface area contributed by atoms with E-state index in [1.807, 2.05) is 6.07 Å². The lowest BCUT2D eigenvalue weighted by atomic mass is 10.2. The van der Waals surface area contributed by atoms with E-state index in [2.05, 4.69) is 0 Å². The summed E-state index contributed by atoms with van der Waals surface area (Å²) < 4.78 is 27.3. The summed E-state index contributed by atoms with van der Waals surface area (Å²) in [6.45, 7) is 0.552. The highest BCUT2D eigenvalue weighted by Gasteiger charge is 2.33. The van der Waals surface area contributed by atoms with Crippen LogP contribution in [-0.4, -0.2) is 43.6 Å². The fourth-order valence-corrected chi connectivity index (χ4v) is 5.86. The lowest BCUT2D eigenvalue weighted by Gasteiger charge is -2.26. The minimum Gasteiger partial charge on any atom is -0.395 e. The maximum Gasteiger partial charge on any atom is 0.252 e. The number of aliphatic hydroxyl groups excluding tert-OH is 1. The normalized spacial score (nSPS) is 17.1. The van der Waals surface area contributed by atoms with Crippen LogP contribution in [0.1, 0.15) is 30.6 Å². The number of nitrogens with two attached hydrogens (primary N) is 1. The van der Waals surface area contributed by atoms with Crippen molar-refractivity contribution in [1.29, 1.82) is 0 Å². The molecule has 1 aromatic rings. The summed E-state index contributed by atoms with van der Waals surface area (Å²) in [5, 5.41) is 9.18. The van der Waals surface area contributed by atoms with Crippen LogP contribution in [-0.2, 0) is 16.4 Å². The molecule has 1 saturated carbocycles. The summed E-state index contributed by atoms with van der Waals surface area (Å²) in [5.41, 5.74) is 5.50. The Bertz CT molecular complexity index is 521. The van der Waals surface area contributed by atoms with E-state index in [9.17, 15) is 13.5 Å². The molecule has 3 N–H and O–H groups in total. The number of hydrogen-bond donors (Lipinski definition) is 2. The standard InChI is InChI=1S/C13H22N2O3S2/c14-8-7-12-5-6-13(19-12)20(17,18)15(9-10-16)11-3-1-2-4-11/h5-6,11,16H,1-4,7-10,14H2. The molecule has 114 valence electrons. The molecule has 0 bridgehead atoms. The Morgan fingerprint density at radius 3 is 2.65 bits per heavy atom. The molecule has 0 spiro atoms. The van der Waals surface area contributed by atoms with Gasteiger partial charge in [-0.25, -0.2) is 8.42 Å². The lowest BCUT2D eigenvalue weighted by molar-refractivity contribution is 0.226. The Labute approximate surface area is 124 Å². The molecule has 0 unspecified atom stereocenters. The smallest absolute Gasteiger partial charge is 0.252 e. The molecule has 1 aliphatic rings. The van der Waals surface area contributed by atoms with Crippen molar-refractivity contribution in [2.75, 3.05) is 19.7 Å². The first kappa shape index (κ1) is 15.9. The van der Waals surface area contributed by atoms with E-state index in [1.54, 1.807) is 6.07 Å². The van der Waals surface area contributed by atoms with E-state index in [0.717, 1.165) is 30.6 Å². The Morgan fingerprint density at radius 1 is 1.35 bits per heavy atom. The average Bonchev–Trinajstić information content (AvgIpc) is 3.07. The molecule has 2 rings (SSSR count). The Balaban J connectivity index is 2.24. The predicted molar refractivity (Wildman–Crippen MR) is 80.3 cm³/mol. The third-order valence-corrected chi connectivity index (χ3v) is 7.21. The zero-order valence-corrected chi connectivity index (χ0v) is 13.1. The maximum atomic E-state index is 12.7. The molecule has 1 fully saturated rings. The SMILES string of the molecule is NCCc1ccc(S(=O)(=O)N(CCO)C2CCCC2)s1. The van der Waals surface area contributed by atoms with Crippen LogP contribution >= 0.6 is 11.3 Å². The summed E-state index contributed by atoms with van der Waals surface area (Å²) in [6.07, 6.45) is 4.60. The minimum atomic E-state index is -3.49. The van der Waals surface area contributed by atoms with Crippen LogP contribution in [0.3, 0.4) is 0 Å². The highest BCUT2D eigenvalue weighted by molar-refractivity contribution is 7.91. The number of rotatable bonds is 7. The van der Waals surface area contributed by atoms with Crippen molar-refractivity contribution in [2.24, 2.45) is 5.73 Å². The Hall–Kier alpha value is -0.470. The number of aliphatic hydroxyl groups is 1.